The zero-order chi connectivity index (χ0) is 16.6. The van der Waals surface area contributed by atoms with Crippen LogP contribution in [0.2, 0.25) is 0 Å². The van der Waals surface area contributed by atoms with Gasteiger partial charge in [-0.2, -0.15) is 0 Å². The first kappa shape index (κ1) is 20.0. The van der Waals surface area contributed by atoms with Gasteiger partial charge in [-0.05, 0) is 25.2 Å². The van der Waals surface area contributed by atoms with Crippen molar-refractivity contribution in [1.82, 2.24) is 0 Å². The predicted molar refractivity (Wildman–Crippen MR) is 95.0 cm³/mol. The fourth-order valence-corrected chi connectivity index (χ4v) is 3.06. The molecule has 0 bridgehead atoms. The summed E-state index contributed by atoms with van der Waals surface area (Å²) in [5.41, 5.74) is 0.172. The second-order valence-electron chi connectivity index (χ2n) is 8.90. The van der Waals surface area contributed by atoms with Crippen molar-refractivity contribution in [1.29, 1.82) is 0 Å². The maximum atomic E-state index is 5.96. The molecular weight excluding hydrogens is 272 g/mol. The van der Waals surface area contributed by atoms with E-state index in [1.165, 1.54) is 44.9 Å². The molecule has 0 radical (unpaired) electrons. The standard InChI is InChI=1S/C20H40O2/c1-17(2)11-10-13-18(3)12-8-7-9-14-20(6)21-15-19(4,5)16-22-20/h17-18H,7-16H2,1-6H3. The lowest BCUT2D eigenvalue weighted by Gasteiger charge is -2.41. The fourth-order valence-electron chi connectivity index (χ4n) is 3.06. The van der Waals surface area contributed by atoms with Gasteiger partial charge in [-0.1, -0.05) is 73.1 Å². The lowest BCUT2D eigenvalue weighted by Crippen LogP contribution is -2.45. The summed E-state index contributed by atoms with van der Waals surface area (Å²) in [6, 6.07) is 0. The smallest absolute Gasteiger partial charge is 0.165 e. The molecule has 0 aliphatic carbocycles. The molecule has 22 heavy (non-hydrogen) atoms. The highest BCUT2D eigenvalue weighted by atomic mass is 16.7. The second kappa shape index (κ2) is 9.27. The Morgan fingerprint density at radius 2 is 1.36 bits per heavy atom. The molecular formula is C20H40O2. The Morgan fingerprint density at radius 3 is 1.95 bits per heavy atom. The van der Waals surface area contributed by atoms with Crippen LogP contribution in [0, 0.1) is 17.3 Å². The average molecular weight is 313 g/mol. The molecule has 1 saturated heterocycles. The lowest BCUT2D eigenvalue weighted by molar-refractivity contribution is -0.292. The molecule has 2 heteroatoms. The Kier molecular flexibility index (Phi) is 8.42. The number of hydrogen-bond acceptors (Lipinski definition) is 2. The van der Waals surface area contributed by atoms with E-state index in [0.29, 0.717) is 0 Å². The van der Waals surface area contributed by atoms with Crippen LogP contribution in [-0.4, -0.2) is 19.0 Å². The van der Waals surface area contributed by atoms with Gasteiger partial charge in [0.25, 0.3) is 0 Å². The van der Waals surface area contributed by atoms with Crippen molar-refractivity contribution in [2.45, 2.75) is 98.7 Å². The van der Waals surface area contributed by atoms with Gasteiger partial charge >= 0.3 is 0 Å². The summed E-state index contributed by atoms with van der Waals surface area (Å²) in [5, 5.41) is 0. The Balaban J connectivity index is 2.03. The van der Waals surface area contributed by atoms with Gasteiger partial charge in [0.05, 0.1) is 13.2 Å². The summed E-state index contributed by atoms with van der Waals surface area (Å²) in [5.74, 6) is 1.41. The van der Waals surface area contributed by atoms with E-state index < -0.39 is 0 Å². The van der Waals surface area contributed by atoms with Crippen LogP contribution in [-0.2, 0) is 9.47 Å². The first-order chi connectivity index (χ1) is 10.2. The molecule has 2 nitrogen and oxygen atoms in total. The van der Waals surface area contributed by atoms with E-state index in [1.807, 2.05) is 0 Å². The first-order valence-corrected chi connectivity index (χ1v) is 9.50. The highest BCUT2D eigenvalue weighted by Gasteiger charge is 2.36. The van der Waals surface area contributed by atoms with Gasteiger partial charge in [0.1, 0.15) is 0 Å². The monoisotopic (exact) mass is 312 g/mol. The highest BCUT2D eigenvalue weighted by molar-refractivity contribution is 4.77. The van der Waals surface area contributed by atoms with Gasteiger partial charge in [-0.25, -0.2) is 0 Å². The van der Waals surface area contributed by atoms with Crippen LogP contribution < -0.4 is 0 Å². The molecule has 132 valence electrons. The number of unbranched alkanes of at least 4 members (excludes halogenated alkanes) is 2. The maximum Gasteiger partial charge on any atom is 0.165 e. The first-order valence-electron chi connectivity index (χ1n) is 9.50. The second-order valence-corrected chi connectivity index (χ2v) is 8.90. The van der Waals surface area contributed by atoms with Gasteiger partial charge < -0.3 is 9.47 Å². The third-order valence-electron chi connectivity index (χ3n) is 4.84. The highest BCUT2D eigenvalue weighted by Crippen LogP contribution is 2.32. The van der Waals surface area contributed by atoms with E-state index in [1.54, 1.807) is 0 Å². The van der Waals surface area contributed by atoms with Crippen LogP contribution in [0.15, 0.2) is 0 Å². The summed E-state index contributed by atoms with van der Waals surface area (Å²) >= 11 is 0. The molecule has 0 N–H and O–H groups in total. The fraction of sp³-hybridized carbons (Fsp3) is 1.00. The number of ether oxygens (including phenoxy) is 2. The van der Waals surface area contributed by atoms with E-state index in [0.717, 1.165) is 31.5 Å². The van der Waals surface area contributed by atoms with Crippen LogP contribution in [0.25, 0.3) is 0 Å². The van der Waals surface area contributed by atoms with Crippen molar-refractivity contribution in [3.8, 4) is 0 Å². The molecule has 0 saturated carbocycles. The molecule has 0 spiro atoms. The maximum absolute atomic E-state index is 5.96. The van der Waals surface area contributed by atoms with Gasteiger partial charge in [0.15, 0.2) is 5.79 Å². The molecule has 1 atom stereocenters. The zero-order valence-corrected chi connectivity index (χ0v) is 16.0. The van der Waals surface area contributed by atoms with E-state index in [2.05, 4.69) is 41.5 Å². The van der Waals surface area contributed by atoms with Crippen molar-refractivity contribution in [2.24, 2.45) is 17.3 Å². The molecule has 1 rings (SSSR count). The van der Waals surface area contributed by atoms with E-state index >= 15 is 0 Å². The molecule has 0 aromatic heterocycles. The van der Waals surface area contributed by atoms with Gasteiger partial charge in [0.2, 0.25) is 0 Å². The topological polar surface area (TPSA) is 18.5 Å². The van der Waals surface area contributed by atoms with Crippen molar-refractivity contribution >= 4 is 0 Å². The minimum atomic E-state index is -0.335. The summed E-state index contributed by atoms with van der Waals surface area (Å²) in [4.78, 5) is 0. The van der Waals surface area contributed by atoms with Crippen LogP contribution in [0.4, 0.5) is 0 Å². The lowest BCUT2D eigenvalue weighted by atomic mass is 9.93. The normalized spacial score (nSPS) is 22.0. The minimum Gasteiger partial charge on any atom is -0.350 e. The Labute approximate surface area is 139 Å². The van der Waals surface area contributed by atoms with Gasteiger partial charge in [0, 0.05) is 11.8 Å². The van der Waals surface area contributed by atoms with E-state index in [4.69, 9.17) is 9.47 Å². The molecule has 0 aromatic carbocycles. The molecule has 1 unspecified atom stereocenters. The molecule has 0 amide bonds. The Hall–Kier alpha value is -0.0800. The quantitative estimate of drug-likeness (QED) is 0.448. The van der Waals surface area contributed by atoms with E-state index in [-0.39, 0.29) is 11.2 Å². The van der Waals surface area contributed by atoms with Crippen molar-refractivity contribution in [2.75, 3.05) is 13.2 Å². The largest absolute Gasteiger partial charge is 0.350 e. The zero-order valence-electron chi connectivity index (χ0n) is 16.0. The third-order valence-corrected chi connectivity index (χ3v) is 4.84. The SMILES string of the molecule is CC(C)CCCC(C)CCCCCC1(C)OCC(C)(C)CO1. The number of hydrogen-bond donors (Lipinski definition) is 0. The predicted octanol–water partition coefficient (Wildman–Crippen LogP) is 6.19. The minimum absolute atomic E-state index is 0.172. The van der Waals surface area contributed by atoms with Crippen LogP contribution in [0.5, 0.6) is 0 Å². The van der Waals surface area contributed by atoms with Crippen molar-refractivity contribution in [3.63, 3.8) is 0 Å². The molecule has 0 aromatic rings. The van der Waals surface area contributed by atoms with Gasteiger partial charge in [-0.3, -0.25) is 0 Å². The molecule has 1 aliphatic heterocycles. The summed E-state index contributed by atoms with van der Waals surface area (Å²) in [6.07, 6.45) is 10.5. The molecule has 1 aliphatic rings. The van der Waals surface area contributed by atoms with Crippen LogP contribution in [0.3, 0.4) is 0 Å². The summed E-state index contributed by atoms with van der Waals surface area (Å²) < 4.78 is 11.9. The van der Waals surface area contributed by atoms with Gasteiger partial charge in [-0.15, -0.1) is 0 Å². The van der Waals surface area contributed by atoms with Crippen LogP contribution >= 0.6 is 0 Å². The van der Waals surface area contributed by atoms with Crippen molar-refractivity contribution in [3.05, 3.63) is 0 Å². The molecule has 1 fully saturated rings. The molecule has 1 heterocycles. The number of rotatable bonds is 10. The van der Waals surface area contributed by atoms with Crippen molar-refractivity contribution < 1.29 is 9.47 Å². The summed E-state index contributed by atoms with van der Waals surface area (Å²) in [6.45, 7) is 15.2. The average Bonchev–Trinajstić information content (AvgIpc) is 2.42. The third kappa shape index (κ3) is 8.53. The Bertz CT molecular complexity index is 286. The van der Waals surface area contributed by atoms with Crippen LogP contribution in [0.1, 0.15) is 92.9 Å². The Morgan fingerprint density at radius 1 is 0.773 bits per heavy atom. The summed E-state index contributed by atoms with van der Waals surface area (Å²) in [7, 11) is 0. The van der Waals surface area contributed by atoms with E-state index in [9.17, 15) is 0 Å².